The zero-order valence-electron chi connectivity index (χ0n) is 7.18. The number of pyridine rings is 1. The van der Waals surface area contributed by atoms with Gasteiger partial charge in [-0.15, -0.1) is 0 Å². The molecule has 1 heterocycles. The molecule has 1 aromatic heterocycles. The number of hydrogen-bond donors (Lipinski definition) is 0. The molecule has 1 nitrogen and oxygen atoms in total. The highest BCUT2D eigenvalue weighted by Gasteiger charge is 2.42. The summed E-state index contributed by atoms with van der Waals surface area (Å²) in [5.41, 5.74) is 0.701. The Morgan fingerprint density at radius 1 is 1.43 bits per heavy atom. The summed E-state index contributed by atoms with van der Waals surface area (Å²) in [7, 11) is 0. The van der Waals surface area contributed by atoms with Crippen molar-refractivity contribution in [3.05, 3.63) is 23.9 Å². The predicted octanol–water partition coefficient (Wildman–Crippen LogP) is 3.34. The van der Waals surface area contributed by atoms with Gasteiger partial charge in [-0.2, -0.15) is 8.78 Å². The number of hydrogen-bond acceptors (Lipinski definition) is 2. The Hall–Kier alpha value is -0.780. The minimum Gasteiger partial charge on any atom is -0.250 e. The van der Waals surface area contributed by atoms with E-state index in [4.69, 9.17) is 0 Å². The molecule has 0 radical (unpaired) electrons. The minimum absolute atomic E-state index is 0.102. The molecule has 0 atom stereocenters. The van der Waals surface area contributed by atoms with Crippen LogP contribution < -0.4 is 0 Å². The highest BCUT2D eigenvalue weighted by molar-refractivity contribution is 8.00. The van der Waals surface area contributed by atoms with E-state index in [1.165, 1.54) is 12.3 Å². The molecule has 0 unspecified atom stereocenters. The van der Waals surface area contributed by atoms with Crippen molar-refractivity contribution in [3.63, 3.8) is 0 Å². The van der Waals surface area contributed by atoms with Crippen molar-refractivity contribution in [2.24, 2.45) is 0 Å². The molecule has 0 fully saturated rings. The van der Waals surface area contributed by atoms with Gasteiger partial charge in [0.05, 0.1) is 0 Å². The third-order valence-corrected chi connectivity index (χ3v) is 2.27. The third-order valence-electron chi connectivity index (χ3n) is 1.39. The number of aromatic nitrogens is 1. The first-order chi connectivity index (χ1) is 6.42. The monoisotopic (exact) mass is 225 g/mol. The van der Waals surface area contributed by atoms with Crippen LogP contribution in [0.15, 0.2) is 23.4 Å². The lowest BCUT2D eigenvalue weighted by atomic mass is 10.3. The lowest BCUT2D eigenvalue weighted by Gasteiger charge is -2.13. The lowest BCUT2D eigenvalue weighted by Crippen LogP contribution is -2.21. The van der Waals surface area contributed by atoms with E-state index in [0.717, 1.165) is 0 Å². The molecule has 1 rings (SSSR count). The van der Waals surface area contributed by atoms with Crippen LogP contribution in [0.1, 0.15) is 5.56 Å². The molecule has 0 bridgehead atoms. The van der Waals surface area contributed by atoms with Crippen LogP contribution in [-0.2, 0) is 0 Å². The van der Waals surface area contributed by atoms with Gasteiger partial charge in [-0.1, -0.05) is 0 Å². The van der Waals surface area contributed by atoms with Gasteiger partial charge in [0.25, 0.3) is 0 Å². The summed E-state index contributed by atoms with van der Waals surface area (Å²) in [5, 5.41) is -4.18. The molecular formula is C8H7F4NS. The van der Waals surface area contributed by atoms with Crippen molar-refractivity contribution in [2.45, 2.75) is 23.6 Å². The predicted molar refractivity (Wildman–Crippen MR) is 45.8 cm³/mol. The van der Waals surface area contributed by atoms with E-state index in [9.17, 15) is 17.6 Å². The Balaban J connectivity index is 2.78. The standard InChI is InChI=1S/C8H7F4NS/c1-5-2-3-13-6(4-5)14-8(11,12)7(9)10/h2-4,7H,1H3. The Kier molecular flexibility index (Phi) is 3.36. The summed E-state index contributed by atoms with van der Waals surface area (Å²) in [6.45, 7) is 1.67. The molecule has 0 aliphatic carbocycles. The van der Waals surface area contributed by atoms with Crippen LogP contribution in [0.25, 0.3) is 0 Å². The summed E-state index contributed by atoms with van der Waals surface area (Å²) in [4.78, 5) is 3.56. The van der Waals surface area contributed by atoms with Gasteiger partial charge in [-0.3, -0.25) is 0 Å². The van der Waals surface area contributed by atoms with E-state index < -0.39 is 11.7 Å². The molecule has 1 aromatic rings. The smallest absolute Gasteiger partial charge is 0.250 e. The molecule has 78 valence electrons. The Morgan fingerprint density at radius 2 is 2.07 bits per heavy atom. The maximum absolute atomic E-state index is 12.5. The SMILES string of the molecule is Cc1ccnc(SC(F)(F)C(F)F)c1. The second-order valence-corrected chi connectivity index (χ2v) is 3.80. The largest absolute Gasteiger partial charge is 0.359 e. The van der Waals surface area contributed by atoms with Crippen LogP contribution >= 0.6 is 11.8 Å². The molecule has 0 saturated carbocycles. The van der Waals surface area contributed by atoms with Crippen molar-refractivity contribution in [3.8, 4) is 0 Å². The summed E-state index contributed by atoms with van der Waals surface area (Å²) in [5.74, 6) is 0. The number of aryl methyl sites for hydroxylation is 1. The van der Waals surface area contributed by atoms with Gasteiger partial charge in [0.2, 0.25) is 0 Å². The van der Waals surface area contributed by atoms with Gasteiger partial charge >= 0.3 is 11.7 Å². The Bertz CT molecular complexity index is 316. The van der Waals surface area contributed by atoms with Gasteiger partial charge in [-0.05, 0) is 36.4 Å². The lowest BCUT2D eigenvalue weighted by molar-refractivity contribution is -0.0564. The van der Waals surface area contributed by atoms with Crippen LogP contribution in [-0.4, -0.2) is 16.7 Å². The molecule has 0 N–H and O–H groups in total. The molecule has 0 aliphatic heterocycles. The fraction of sp³-hybridized carbons (Fsp3) is 0.375. The van der Waals surface area contributed by atoms with E-state index in [2.05, 4.69) is 4.98 Å². The second kappa shape index (κ2) is 4.16. The normalized spacial score (nSPS) is 12.1. The van der Waals surface area contributed by atoms with Crippen LogP contribution in [0.5, 0.6) is 0 Å². The highest BCUT2D eigenvalue weighted by atomic mass is 32.2. The Labute approximate surface area is 82.5 Å². The number of rotatable bonds is 3. The number of alkyl halides is 4. The zero-order chi connectivity index (χ0) is 10.8. The maximum atomic E-state index is 12.5. The van der Waals surface area contributed by atoms with Crippen molar-refractivity contribution in [1.82, 2.24) is 4.98 Å². The van der Waals surface area contributed by atoms with Crippen molar-refractivity contribution < 1.29 is 17.6 Å². The average Bonchev–Trinajstić information content (AvgIpc) is 2.02. The fourth-order valence-electron chi connectivity index (χ4n) is 0.748. The molecule has 0 saturated heterocycles. The van der Waals surface area contributed by atoms with Crippen molar-refractivity contribution in [1.29, 1.82) is 0 Å². The molecule has 0 aromatic carbocycles. The summed E-state index contributed by atoms with van der Waals surface area (Å²) in [6, 6.07) is 2.94. The third kappa shape index (κ3) is 2.87. The molecule has 14 heavy (non-hydrogen) atoms. The molecule has 0 amide bonds. The molecule has 6 heteroatoms. The van der Waals surface area contributed by atoms with E-state index in [0.29, 0.717) is 5.56 Å². The highest BCUT2D eigenvalue weighted by Crippen LogP contribution is 2.39. The molecular weight excluding hydrogens is 218 g/mol. The molecule has 0 spiro atoms. The quantitative estimate of drug-likeness (QED) is 0.578. The van der Waals surface area contributed by atoms with Crippen LogP contribution in [0, 0.1) is 6.92 Å². The number of thioether (sulfide) groups is 1. The van der Waals surface area contributed by atoms with Crippen LogP contribution in [0.3, 0.4) is 0 Å². The van der Waals surface area contributed by atoms with Gasteiger partial charge in [0.15, 0.2) is 0 Å². The van der Waals surface area contributed by atoms with E-state index in [-0.39, 0.29) is 16.8 Å². The maximum Gasteiger partial charge on any atom is 0.359 e. The van der Waals surface area contributed by atoms with Gasteiger partial charge in [0.1, 0.15) is 5.03 Å². The van der Waals surface area contributed by atoms with E-state index >= 15 is 0 Å². The van der Waals surface area contributed by atoms with Crippen molar-refractivity contribution >= 4 is 11.8 Å². The van der Waals surface area contributed by atoms with E-state index in [1.807, 2.05) is 0 Å². The topological polar surface area (TPSA) is 12.9 Å². The first-order valence-electron chi connectivity index (χ1n) is 3.69. The van der Waals surface area contributed by atoms with Crippen molar-refractivity contribution in [2.75, 3.05) is 0 Å². The number of nitrogens with zero attached hydrogens (tertiary/aromatic N) is 1. The van der Waals surface area contributed by atoms with Crippen LogP contribution in [0.2, 0.25) is 0 Å². The number of halogens is 4. The van der Waals surface area contributed by atoms with Crippen LogP contribution in [0.4, 0.5) is 17.6 Å². The van der Waals surface area contributed by atoms with E-state index in [1.54, 1.807) is 13.0 Å². The average molecular weight is 225 g/mol. The molecule has 0 aliphatic rings. The second-order valence-electron chi connectivity index (χ2n) is 2.64. The summed E-state index contributed by atoms with van der Waals surface area (Å²) < 4.78 is 48.7. The minimum atomic E-state index is -4.08. The fourth-order valence-corrected chi connectivity index (χ4v) is 1.47. The zero-order valence-corrected chi connectivity index (χ0v) is 7.99. The first-order valence-corrected chi connectivity index (χ1v) is 4.51. The van der Waals surface area contributed by atoms with Gasteiger partial charge < -0.3 is 0 Å². The van der Waals surface area contributed by atoms with Gasteiger partial charge in [0, 0.05) is 6.20 Å². The van der Waals surface area contributed by atoms with Gasteiger partial charge in [-0.25, -0.2) is 13.8 Å². The first kappa shape index (κ1) is 11.3. The summed E-state index contributed by atoms with van der Waals surface area (Å²) in [6.07, 6.45) is -2.38. The summed E-state index contributed by atoms with van der Waals surface area (Å²) >= 11 is -0.226. The Morgan fingerprint density at radius 3 is 2.57 bits per heavy atom.